The van der Waals surface area contributed by atoms with Gasteiger partial charge in [-0.05, 0) is 52.2 Å². The first-order valence-electron chi connectivity index (χ1n) is 7.08. The lowest BCUT2D eigenvalue weighted by Gasteiger charge is -2.44. The Morgan fingerprint density at radius 3 is 1.88 bits per heavy atom. The summed E-state index contributed by atoms with van der Waals surface area (Å²) >= 11 is 0. The molecule has 0 amide bonds. The average Bonchev–Trinajstić information content (AvgIpc) is 2.21. The van der Waals surface area contributed by atoms with Crippen molar-refractivity contribution in [3.63, 3.8) is 0 Å². The highest BCUT2D eigenvalue weighted by Gasteiger charge is 2.34. The predicted octanol–water partition coefficient (Wildman–Crippen LogP) is 3.52. The van der Waals surface area contributed by atoms with E-state index in [9.17, 15) is 0 Å². The Morgan fingerprint density at radius 2 is 1.59 bits per heavy atom. The maximum atomic E-state index is 3.69. The van der Waals surface area contributed by atoms with Gasteiger partial charge in [-0.3, -0.25) is 0 Å². The average molecular weight is 242 g/mol. The van der Waals surface area contributed by atoms with E-state index in [0.717, 1.165) is 6.54 Å². The molecule has 0 aromatic rings. The van der Waals surface area contributed by atoms with Crippen LogP contribution in [0, 0.1) is 5.41 Å². The summed E-state index contributed by atoms with van der Waals surface area (Å²) in [6, 6.07) is 0.576. The Kier molecular flexibility index (Phi) is 6.71. The van der Waals surface area contributed by atoms with E-state index in [2.05, 4.69) is 65.9 Å². The molecule has 0 aliphatic rings. The molecule has 0 saturated heterocycles. The fraction of sp³-hybridized carbons (Fsp3) is 1.00. The number of nitrogens with one attached hydrogen (secondary N) is 1. The van der Waals surface area contributed by atoms with Crippen molar-refractivity contribution in [1.29, 1.82) is 0 Å². The molecule has 0 aliphatic heterocycles. The second-order valence-electron chi connectivity index (χ2n) is 6.81. The number of nitrogens with zero attached hydrogens (tertiary/aromatic N) is 1. The monoisotopic (exact) mass is 242 g/mol. The van der Waals surface area contributed by atoms with E-state index < -0.39 is 0 Å². The van der Waals surface area contributed by atoms with Crippen molar-refractivity contribution >= 4 is 0 Å². The van der Waals surface area contributed by atoms with Gasteiger partial charge in [0.15, 0.2) is 0 Å². The number of rotatable bonds is 7. The van der Waals surface area contributed by atoms with Crippen molar-refractivity contribution in [3.8, 4) is 0 Å². The summed E-state index contributed by atoms with van der Waals surface area (Å²) in [6.45, 7) is 14.9. The molecule has 0 saturated carbocycles. The largest absolute Gasteiger partial charge is 0.312 e. The third-order valence-corrected chi connectivity index (χ3v) is 4.12. The molecular weight excluding hydrogens is 208 g/mol. The standard InChI is InChI=1S/C15H34N2/c1-9-15(6,17(7)8)13(16-10-2)11-12-14(3,4)5/h13,16H,9-12H2,1-8H3. The van der Waals surface area contributed by atoms with Crippen molar-refractivity contribution in [2.24, 2.45) is 5.41 Å². The van der Waals surface area contributed by atoms with Crippen LogP contribution in [0.4, 0.5) is 0 Å². The Morgan fingerprint density at radius 1 is 1.06 bits per heavy atom. The van der Waals surface area contributed by atoms with E-state index >= 15 is 0 Å². The van der Waals surface area contributed by atoms with Crippen LogP contribution in [0.15, 0.2) is 0 Å². The molecule has 2 atom stereocenters. The van der Waals surface area contributed by atoms with Crippen LogP contribution in [0.2, 0.25) is 0 Å². The molecule has 0 aromatic heterocycles. The second kappa shape index (κ2) is 6.75. The minimum absolute atomic E-state index is 0.251. The van der Waals surface area contributed by atoms with Crippen molar-refractivity contribution in [2.75, 3.05) is 20.6 Å². The van der Waals surface area contributed by atoms with Crippen LogP contribution in [-0.2, 0) is 0 Å². The van der Waals surface area contributed by atoms with Gasteiger partial charge in [-0.2, -0.15) is 0 Å². The fourth-order valence-electron chi connectivity index (χ4n) is 2.33. The molecule has 17 heavy (non-hydrogen) atoms. The van der Waals surface area contributed by atoms with Gasteiger partial charge in [-0.25, -0.2) is 0 Å². The smallest absolute Gasteiger partial charge is 0.0325 e. The lowest BCUT2D eigenvalue weighted by Crippen LogP contribution is -2.57. The molecule has 2 heteroatoms. The highest BCUT2D eigenvalue weighted by Crippen LogP contribution is 2.29. The first-order valence-corrected chi connectivity index (χ1v) is 7.08. The number of hydrogen-bond donors (Lipinski definition) is 1. The van der Waals surface area contributed by atoms with Crippen LogP contribution in [-0.4, -0.2) is 37.1 Å². The molecule has 0 aromatic carbocycles. The zero-order valence-electron chi connectivity index (χ0n) is 13.4. The minimum atomic E-state index is 0.251. The molecule has 0 radical (unpaired) electrons. The van der Waals surface area contributed by atoms with E-state index in [1.54, 1.807) is 0 Å². The van der Waals surface area contributed by atoms with Crippen molar-refractivity contribution in [3.05, 3.63) is 0 Å². The molecule has 0 aliphatic carbocycles. The first kappa shape index (κ1) is 16.9. The van der Waals surface area contributed by atoms with Crippen LogP contribution in [0.3, 0.4) is 0 Å². The zero-order chi connectivity index (χ0) is 13.7. The molecule has 1 N–H and O–H groups in total. The van der Waals surface area contributed by atoms with Gasteiger partial charge in [0.05, 0.1) is 0 Å². The summed E-state index contributed by atoms with van der Waals surface area (Å²) in [4.78, 5) is 2.38. The van der Waals surface area contributed by atoms with Crippen LogP contribution in [0.1, 0.15) is 60.8 Å². The van der Waals surface area contributed by atoms with Gasteiger partial charge in [0.25, 0.3) is 0 Å². The zero-order valence-corrected chi connectivity index (χ0v) is 13.4. The molecular formula is C15H34N2. The van der Waals surface area contributed by atoms with Gasteiger partial charge in [0.1, 0.15) is 0 Å². The second-order valence-corrected chi connectivity index (χ2v) is 6.81. The molecule has 0 fully saturated rings. The fourth-order valence-corrected chi connectivity index (χ4v) is 2.33. The molecule has 0 bridgehead atoms. The summed E-state index contributed by atoms with van der Waals surface area (Å²) in [7, 11) is 4.40. The topological polar surface area (TPSA) is 15.3 Å². The van der Waals surface area contributed by atoms with Crippen molar-refractivity contribution in [1.82, 2.24) is 10.2 Å². The lowest BCUT2D eigenvalue weighted by atomic mass is 9.80. The predicted molar refractivity (Wildman–Crippen MR) is 78.5 cm³/mol. The van der Waals surface area contributed by atoms with Crippen LogP contribution < -0.4 is 5.32 Å². The molecule has 0 heterocycles. The van der Waals surface area contributed by atoms with Gasteiger partial charge >= 0.3 is 0 Å². The lowest BCUT2D eigenvalue weighted by molar-refractivity contribution is 0.102. The van der Waals surface area contributed by atoms with E-state index in [4.69, 9.17) is 0 Å². The highest BCUT2D eigenvalue weighted by molar-refractivity contribution is 4.94. The van der Waals surface area contributed by atoms with Gasteiger partial charge in [-0.1, -0.05) is 34.6 Å². The highest BCUT2D eigenvalue weighted by atomic mass is 15.2. The maximum Gasteiger partial charge on any atom is 0.0325 e. The van der Waals surface area contributed by atoms with E-state index in [0.29, 0.717) is 11.5 Å². The first-order chi connectivity index (χ1) is 7.67. The minimum Gasteiger partial charge on any atom is -0.312 e. The third kappa shape index (κ3) is 5.39. The Bertz CT molecular complexity index is 205. The van der Waals surface area contributed by atoms with E-state index in [1.807, 2.05) is 0 Å². The van der Waals surface area contributed by atoms with Crippen LogP contribution in [0.5, 0.6) is 0 Å². The normalized spacial score (nSPS) is 18.2. The number of likely N-dealkylation sites (N-methyl/N-ethyl adjacent to an activating group) is 2. The van der Waals surface area contributed by atoms with Gasteiger partial charge < -0.3 is 10.2 Å². The summed E-state index contributed by atoms with van der Waals surface area (Å²) in [5, 5.41) is 3.69. The molecule has 0 spiro atoms. The van der Waals surface area contributed by atoms with Gasteiger partial charge in [0.2, 0.25) is 0 Å². The summed E-state index contributed by atoms with van der Waals surface area (Å²) in [5.74, 6) is 0. The molecule has 2 nitrogen and oxygen atoms in total. The Hall–Kier alpha value is -0.0800. The molecule has 0 rings (SSSR count). The summed E-state index contributed by atoms with van der Waals surface area (Å²) in [6.07, 6.45) is 3.70. The Labute approximate surface area is 109 Å². The molecule has 2 unspecified atom stereocenters. The van der Waals surface area contributed by atoms with Gasteiger partial charge in [-0.15, -0.1) is 0 Å². The maximum absolute atomic E-state index is 3.69. The molecule has 104 valence electrons. The van der Waals surface area contributed by atoms with Gasteiger partial charge in [0, 0.05) is 11.6 Å². The SMILES string of the molecule is CCNC(CCC(C)(C)C)C(C)(CC)N(C)C. The van der Waals surface area contributed by atoms with Crippen molar-refractivity contribution in [2.45, 2.75) is 72.4 Å². The summed E-state index contributed by atoms with van der Waals surface area (Å²) < 4.78 is 0. The Balaban J connectivity index is 4.70. The van der Waals surface area contributed by atoms with Crippen LogP contribution in [0.25, 0.3) is 0 Å². The number of hydrogen-bond acceptors (Lipinski definition) is 2. The van der Waals surface area contributed by atoms with E-state index in [1.165, 1.54) is 19.3 Å². The quantitative estimate of drug-likeness (QED) is 0.735. The van der Waals surface area contributed by atoms with Crippen LogP contribution >= 0.6 is 0 Å². The summed E-state index contributed by atoms with van der Waals surface area (Å²) in [5.41, 5.74) is 0.676. The van der Waals surface area contributed by atoms with Crippen molar-refractivity contribution < 1.29 is 0 Å². The third-order valence-electron chi connectivity index (χ3n) is 4.12. The van der Waals surface area contributed by atoms with E-state index in [-0.39, 0.29) is 5.54 Å².